The first-order chi connectivity index (χ1) is 14.2. The summed E-state index contributed by atoms with van der Waals surface area (Å²) in [4.78, 5) is 11.7. The molecule has 0 aliphatic rings. The monoisotopic (exact) mass is 410 g/mol. The van der Waals surface area contributed by atoms with E-state index >= 15 is 0 Å². The molecule has 0 aliphatic heterocycles. The maximum atomic E-state index is 11.7. The smallest absolute Gasteiger partial charge is 0.221 e. The third-order valence-corrected chi connectivity index (χ3v) is 5.39. The Hall–Kier alpha value is -0.870. The van der Waals surface area contributed by atoms with E-state index in [0.29, 0.717) is 19.5 Å². The van der Waals surface area contributed by atoms with Gasteiger partial charge in [-0.3, -0.25) is 4.79 Å². The van der Waals surface area contributed by atoms with E-state index in [2.05, 4.69) is 29.7 Å². The molecule has 172 valence electrons. The molecular weight excluding hydrogens is 360 g/mol. The summed E-state index contributed by atoms with van der Waals surface area (Å²) >= 11 is 0. The van der Waals surface area contributed by atoms with Gasteiger partial charge < -0.3 is 15.7 Å². The number of aliphatic hydroxyl groups excluding tert-OH is 1. The molecule has 1 amide bonds. The average molecular weight is 411 g/mol. The van der Waals surface area contributed by atoms with Gasteiger partial charge in [0.25, 0.3) is 0 Å². The average Bonchev–Trinajstić information content (AvgIpc) is 2.73. The summed E-state index contributed by atoms with van der Waals surface area (Å²) in [6.45, 7) is 6.22. The molecule has 4 heteroatoms. The molecule has 1 unspecified atom stereocenters. The van der Waals surface area contributed by atoms with E-state index in [4.69, 9.17) is 0 Å². The fourth-order valence-corrected chi connectivity index (χ4v) is 3.30. The number of unbranched alkanes of at least 4 members (excludes halogenated alkanes) is 12. The van der Waals surface area contributed by atoms with E-state index in [-0.39, 0.29) is 12.0 Å². The lowest BCUT2D eigenvalue weighted by molar-refractivity contribution is -0.121. The highest BCUT2D eigenvalue weighted by Gasteiger charge is 2.02. The van der Waals surface area contributed by atoms with Crippen LogP contribution in [0.1, 0.15) is 117 Å². The van der Waals surface area contributed by atoms with Crippen LogP contribution in [-0.4, -0.2) is 36.8 Å². The van der Waals surface area contributed by atoms with Crippen LogP contribution in [0.4, 0.5) is 0 Å². The maximum absolute atomic E-state index is 11.7. The van der Waals surface area contributed by atoms with Crippen molar-refractivity contribution >= 4 is 5.91 Å². The molecule has 0 rings (SSSR count). The fourth-order valence-electron chi connectivity index (χ4n) is 3.30. The molecule has 0 saturated heterocycles. The van der Waals surface area contributed by atoms with Crippen molar-refractivity contribution in [3.05, 3.63) is 12.2 Å². The molecule has 1 atom stereocenters. The molecule has 0 bridgehead atoms. The Balaban J connectivity index is 3.21. The lowest BCUT2D eigenvalue weighted by Gasteiger charge is -2.09. The van der Waals surface area contributed by atoms with Gasteiger partial charge in [0.1, 0.15) is 0 Å². The number of carbonyl (C=O) groups excluding carboxylic acids is 1. The van der Waals surface area contributed by atoms with Crippen LogP contribution in [0.15, 0.2) is 12.2 Å². The highest BCUT2D eigenvalue weighted by Crippen LogP contribution is 2.09. The first-order valence-corrected chi connectivity index (χ1v) is 12.5. The van der Waals surface area contributed by atoms with Gasteiger partial charge >= 0.3 is 0 Å². The second-order valence-electron chi connectivity index (χ2n) is 8.30. The Morgan fingerprint density at radius 3 is 1.93 bits per heavy atom. The summed E-state index contributed by atoms with van der Waals surface area (Å²) in [7, 11) is 0. The zero-order valence-electron chi connectivity index (χ0n) is 19.5. The van der Waals surface area contributed by atoms with Crippen LogP contribution in [0.5, 0.6) is 0 Å². The number of rotatable bonds is 22. The molecule has 0 saturated carbocycles. The SMILES string of the molecule is CCCCCCCCC=CCCCCCCCCNC(=O)CCNCC(O)CC. The van der Waals surface area contributed by atoms with Gasteiger partial charge in [0, 0.05) is 26.1 Å². The van der Waals surface area contributed by atoms with Crippen LogP contribution in [-0.2, 0) is 4.79 Å². The predicted octanol–water partition coefficient (Wildman–Crippen LogP) is 5.89. The summed E-state index contributed by atoms with van der Waals surface area (Å²) in [5, 5.41) is 15.5. The molecule has 0 radical (unpaired) electrons. The summed E-state index contributed by atoms with van der Waals surface area (Å²) < 4.78 is 0. The number of allylic oxidation sites excluding steroid dienone is 2. The normalized spacial score (nSPS) is 12.5. The maximum Gasteiger partial charge on any atom is 0.221 e. The summed E-state index contributed by atoms with van der Waals surface area (Å²) in [5.41, 5.74) is 0. The van der Waals surface area contributed by atoms with Crippen molar-refractivity contribution in [1.29, 1.82) is 0 Å². The van der Waals surface area contributed by atoms with Crippen LogP contribution in [0.25, 0.3) is 0 Å². The first-order valence-electron chi connectivity index (χ1n) is 12.5. The molecule has 0 fully saturated rings. The van der Waals surface area contributed by atoms with E-state index < -0.39 is 0 Å². The van der Waals surface area contributed by atoms with Crippen LogP contribution >= 0.6 is 0 Å². The Bertz CT molecular complexity index is 372. The van der Waals surface area contributed by atoms with Crippen LogP contribution in [0, 0.1) is 0 Å². The lowest BCUT2D eigenvalue weighted by atomic mass is 10.1. The molecule has 29 heavy (non-hydrogen) atoms. The van der Waals surface area contributed by atoms with Crippen molar-refractivity contribution in [3.63, 3.8) is 0 Å². The molecule has 0 aromatic rings. The number of nitrogens with one attached hydrogen (secondary N) is 2. The number of hydrogen-bond donors (Lipinski definition) is 3. The summed E-state index contributed by atoms with van der Waals surface area (Å²) in [6, 6.07) is 0. The van der Waals surface area contributed by atoms with Gasteiger partial charge in [0.05, 0.1) is 6.10 Å². The number of amides is 1. The highest BCUT2D eigenvalue weighted by atomic mass is 16.3. The first kappa shape index (κ1) is 28.1. The summed E-state index contributed by atoms with van der Waals surface area (Å²) in [5.74, 6) is 0.108. The minimum absolute atomic E-state index is 0.108. The van der Waals surface area contributed by atoms with Crippen molar-refractivity contribution in [2.24, 2.45) is 0 Å². The minimum Gasteiger partial charge on any atom is -0.392 e. The standard InChI is InChI=1S/C25H50N2O2/c1-3-5-6-7-8-9-10-11-12-13-14-15-16-17-18-19-21-27-25(29)20-22-26-23-24(28)4-2/h11-12,24,26,28H,3-10,13-23H2,1-2H3,(H,27,29). The van der Waals surface area contributed by atoms with Gasteiger partial charge in [-0.2, -0.15) is 0 Å². The summed E-state index contributed by atoms with van der Waals surface area (Å²) in [6.07, 6.45) is 24.0. The number of aliphatic hydroxyl groups is 1. The van der Waals surface area contributed by atoms with Crippen LogP contribution in [0.3, 0.4) is 0 Å². The molecule has 0 aromatic heterocycles. The Labute approximate surface area is 181 Å². The number of carbonyl (C=O) groups is 1. The second-order valence-corrected chi connectivity index (χ2v) is 8.30. The molecule has 0 heterocycles. The Morgan fingerprint density at radius 2 is 1.34 bits per heavy atom. The zero-order valence-corrected chi connectivity index (χ0v) is 19.5. The molecule has 0 spiro atoms. The van der Waals surface area contributed by atoms with Crippen molar-refractivity contribution < 1.29 is 9.90 Å². The Kier molecular flexibility index (Phi) is 22.7. The van der Waals surface area contributed by atoms with Gasteiger partial charge in [0.2, 0.25) is 5.91 Å². The van der Waals surface area contributed by atoms with Gasteiger partial charge in [-0.1, -0.05) is 83.8 Å². The van der Waals surface area contributed by atoms with E-state index in [9.17, 15) is 9.90 Å². The molecule has 0 aromatic carbocycles. The molecular formula is C25H50N2O2. The Morgan fingerprint density at radius 1 is 0.793 bits per heavy atom. The predicted molar refractivity (Wildman–Crippen MR) is 126 cm³/mol. The van der Waals surface area contributed by atoms with E-state index in [1.54, 1.807) is 0 Å². The van der Waals surface area contributed by atoms with Crippen molar-refractivity contribution in [1.82, 2.24) is 10.6 Å². The minimum atomic E-state index is -0.306. The van der Waals surface area contributed by atoms with Crippen molar-refractivity contribution in [3.8, 4) is 0 Å². The fraction of sp³-hybridized carbons (Fsp3) is 0.880. The highest BCUT2D eigenvalue weighted by molar-refractivity contribution is 5.75. The third-order valence-electron chi connectivity index (χ3n) is 5.39. The largest absolute Gasteiger partial charge is 0.392 e. The van der Waals surface area contributed by atoms with Gasteiger partial charge in [-0.25, -0.2) is 0 Å². The van der Waals surface area contributed by atoms with Gasteiger partial charge in [-0.05, 0) is 38.5 Å². The number of hydrogen-bond acceptors (Lipinski definition) is 3. The zero-order chi connectivity index (χ0) is 21.4. The van der Waals surface area contributed by atoms with E-state index in [1.807, 2.05) is 6.92 Å². The van der Waals surface area contributed by atoms with Gasteiger partial charge in [-0.15, -0.1) is 0 Å². The lowest BCUT2D eigenvalue weighted by Crippen LogP contribution is -2.31. The van der Waals surface area contributed by atoms with Gasteiger partial charge in [0.15, 0.2) is 0 Å². The second kappa shape index (κ2) is 23.4. The van der Waals surface area contributed by atoms with E-state index in [0.717, 1.165) is 19.4 Å². The van der Waals surface area contributed by atoms with Crippen LogP contribution in [0.2, 0.25) is 0 Å². The third kappa shape index (κ3) is 23.3. The molecule has 0 aliphatic carbocycles. The van der Waals surface area contributed by atoms with Crippen molar-refractivity contribution in [2.45, 2.75) is 123 Å². The van der Waals surface area contributed by atoms with Crippen molar-refractivity contribution in [2.75, 3.05) is 19.6 Å². The molecule has 3 N–H and O–H groups in total. The quantitative estimate of drug-likeness (QED) is 0.154. The van der Waals surface area contributed by atoms with E-state index in [1.165, 1.54) is 83.5 Å². The van der Waals surface area contributed by atoms with Crippen LogP contribution < -0.4 is 10.6 Å². The topological polar surface area (TPSA) is 61.4 Å². The molecule has 4 nitrogen and oxygen atoms in total.